The molecule has 2 aliphatic carbocycles. The third-order valence-corrected chi connectivity index (χ3v) is 10.6. The molecule has 6 N–H and O–H groups in total. The van der Waals surface area contributed by atoms with Crippen LogP contribution in [0.3, 0.4) is 0 Å². The highest BCUT2D eigenvalue weighted by Crippen LogP contribution is 2.49. The summed E-state index contributed by atoms with van der Waals surface area (Å²) < 4.78 is 0. The van der Waals surface area contributed by atoms with E-state index in [1.54, 1.807) is 0 Å². The summed E-state index contributed by atoms with van der Waals surface area (Å²) in [7, 11) is 0. The lowest BCUT2D eigenvalue weighted by molar-refractivity contribution is 0.0758. The number of hydrogen-bond donors (Lipinski definition) is 5. The summed E-state index contributed by atoms with van der Waals surface area (Å²) in [4.78, 5) is 83.9. The number of hydrogen-bond acceptors (Lipinski definition) is 10. The first kappa shape index (κ1) is 38.9. The van der Waals surface area contributed by atoms with Crippen LogP contribution in [0.25, 0.3) is 33.0 Å². The molecule has 4 aromatic carbocycles. The average molecular weight is 757 g/mol. The number of carbonyl (C=O) groups excluding carboxylic acids is 2. The number of carbonyl (C=O) groups is 2. The molecule has 12 nitrogen and oxygen atoms in total. The monoisotopic (exact) mass is 756 g/mol. The van der Waals surface area contributed by atoms with Crippen LogP contribution in [0.2, 0.25) is 0 Å². The zero-order valence-corrected chi connectivity index (χ0v) is 31.3. The molecule has 0 heterocycles. The van der Waals surface area contributed by atoms with Crippen LogP contribution < -0.4 is 27.4 Å². The average Bonchev–Trinajstić information content (AvgIpc) is 3.18. The number of amides is 2. The van der Waals surface area contributed by atoms with Crippen LogP contribution in [0.4, 0.5) is 0 Å². The smallest absolute Gasteiger partial charge is 0.258 e. The fourth-order valence-electron chi connectivity index (χ4n) is 7.31. The first-order valence-electron chi connectivity index (χ1n) is 18.1. The number of phenols is 4. The number of aryl methyl sites for hydroxylation is 2. The van der Waals surface area contributed by atoms with Crippen molar-refractivity contribution >= 4 is 22.6 Å². The van der Waals surface area contributed by atoms with E-state index in [0.29, 0.717) is 18.9 Å². The molecule has 0 aromatic heterocycles. The van der Waals surface area contributed by atoms with Gasteiger partial charge < -0.3 is 31.1 Å². The molecule has 2 amide bonds. The summed E-state index contributed by atoms with van der Waals surface area (Å²) in [6.45, 7) is 6.82. The SMILES string of the molecule is CCc1ccc(CCN(CCc2ccc(CC)cc2)C(=O)c2c3c(=O)c(C)c(-c4c(C)c(O)c5c(C(N)=O)c(O)c(O)cc5c4O)c(=O)c-3cc(=O)c2=O)cc1. The molecule has 0 atom stereocenters. The van der Waals surface area contributed by atoms with Crippen LogP contribution in [-0.4, -0.2) is 50.2 Å². The molecule has 0 unspecified atom stereocenters. The van der Waals surface area contributed by atoms with Gasteiger partial charge in [-0.3, -0.25) is 28.8 Å². The lowest BCUT2D eigenvalue weighted by Crippen LogP contribution is -2.43. The number of aromatic hydroxyl groups is 4. The Balaban J connectivity index is 1.53. The lowest BCUT2D eigenvalue weighted by Gasteiger charge is -2.24. The van der Waals surface area contributed by atoms with E-state index in [9.17, 15) is 49.2 Å². The highest BCUT2D eigenvalue weighted by molar-refractivity contribution is 6.15. The van der Waals surface area contributed by atoms with E-state index >= 15 is 0 Å². The minimum atomic E-state index is -1.25. The second kappa shape index (κ2) is 15.1. The molecule has 56 heavy (non-hydrogen) atoms. The maximum Gasteiger partial charge on any atom is 0.258 e. The molecule has 12 heteroatoms. The Morgan fingerprint density at radius 3 is 1.62 bits per heavy atom. The molecule has 0 saturated carbocycles. The molecule has 0 bridgehead atoms. The van der Waals surface area contributed by atoms with Gasteiger partial charge in [-0.25, -0.2) is 0 Å². The fourth-order valence-corrected chi connectivity index (χ4v) is 7.31. The summed E-state index contributed by atoms with van der Waals surface area (Å²) in [5.74, 6) is -5.44. The van der Waals surface area contributed by atoms with Gasteiger partial charge >= 0.3 is 0 Å². The summed E-state index contributed by atoms with van der Waals surface area (Å²) in [5, 5.41) is 42.7. The summed E-state index contributed by atoms with van der Waals surface area (Å²) in [6.07, 6.45) is 2.47. The molecular weight excluding hydrogens is 716 g/mol. The Morgan fingerprint density at radius 2 is 1.12 bits per heavy atom. The van der Waals surface area contributed by atoms with Crippen LogP contribution in [0.1, 0.15) is 67.9 Å². The van der Waals surface area contributed by atoms with Gasteiger partial charge in [0, 0.05) is 57.7 Å². The van der Waals surface area contributed by atoms with Crippen molar-refractivity contribution in [3.8, 4) is 45.3 Å². The Labute approximate surface area is 320 Å². The van der Waals surface area contributed by atoms with Crippen LogP contribution in [0.15, 0.2) is 79.8 Å². The largest absolute Gasteiger partial charge is 0.507 e. The number of fused-ring (bicyclic) bond motifs is 2. The van der Waals surface area contributed by atoms with E-state index in [1.165, 1.54) is 18.7 Å². The normalized spacial score (nSPS) is 11.4. The van der Waals surface area contributed by atoms with Gasteiger partial charge in [-0.1, -0.05) is 62.4 Å². The van der Waals surface area contributed by atoms with Crippen molar-refractivity contribution in [2.45, 2.75) is 53.4 Å². The maximum absolute atomic E-state index is 14.5. The van der Waals surface area contributed by atoms with Crippen LogP contribution >= 0.6 is 0 Å². The Bertz CT molecular complexity index is 2700. The minimum Gasteiger partial charge on any atom is -0.507 e. The molecule has 0 radical (unpaired) electrons. The van der Waals surface area contributed by atoms with Gasteiger partial charge in [0.25, 0.3) is 11.8 Å². The van der Waals surface area contributed by atoms with Crippen LogP contribution in [-0.2, 0) is 25.7 Å². The van der Waals surface area contributed by atoms with Gasteiger partial charge in [0.05, 0.1) is 11.1 Å². The highest BCUT2D eigenvalue weighted by Gasteiger charge is 2.34. The molecule has 4 aromatic rings. The van der Waals surface area contributed by atoms with Crippen LogP contribution in [0.5, 0.6) is 23.0 Å². The van der Waals surface area contributed by atoms with Gasteiger partial charge in [0.1, 0.15) is 17.1 Å². The zero-order valence-electron chi connectivity index (χ0n) is 31.3. The predicted octanol–water partition coefficient (Wildman–Crippen LogP) is 4.52. The van der Waals surface area contributed by atoms with E-state index in [1.807, 2.05) is 62.4 Å². The Morgan fingerprint density at radius 1 is 0.607 bits per heavy atom. The van der Waals surface area contributed by atoms with E-state index in [-0.39, 0.29) is 29.8 Å². The van der Waals surface area contributed by atoms with E-state index in [2.05, 4.69) is 0 Å². The number of phenolic OH excluding ortho intramolecular Hbond substituents is 3. The van der Waals surface area contributed by atoms with Gasteiger partial charge in [-0.05, 0) is 67.9 Å². The number of primary amides is 1. The number of nitrogens with zero attached hydrogens (tertiary/aromatic N) is 1. The quantitative estimate of drug-likeness (QED) is 0.0709. The number of benzene rings is 6. The topological polar surface area (TPSA) is 213 Å². The maximum atomic E-state index is 14.5. The number of nitrogens with two attached hydrogens (primary N) is 1. The third kappa shape index (κ3) is 6.63. The number of rotatable bonds is 11. The fraction of sp³-hybridized carbons (Fsp3) is 0.227. The van der Waals surface area contributed by atoms with Gasteiger partial charge in [-0.2, -0.15) is 0 Å². The van der Waals surface area contributed by atoms with Crippen molar-refractivity contribution in [3.63, 3.8) is 0 Å². The van der Waals surface area contributed by atoms with E-state index < -0.39 is 95.1 Å². The van der Waals surface area contributed by atoms with E-state index in [4.69, 9.17) is 5.73 Å². The predicted molar refractivity (Wildman–Crippen MR) is 213 cm³/mol. The van der Waals surface area contributed by atoms with Crippen molar-refractivity contribution < 1.29 is 30.0 Å². The van der Waals surface area contributed by atoms with Gasteiger partial charge in [0.15, 0.2) is 22.4 Å². The molecular formula is C44H40N2O10. The molecule has 0 aliphatic heterocycles. The molecule has 0 fully saturated rings. The molecule has 286 valence electrons. The summed E-state index contributed by atoms with van der Waals surface area (Å²) >= 11 is 0. The minimum absolute atomic E-state index is 0.121. The Hall–Kier alpha value is -6.82. The summed E-state index contributed by atoms with van der Waals surface area (Å²) in [5.41, 5.74) is 1.24. The second-order valence-corrected chi connectivity index (χ2v) is 13.9. The highest BCUT2D eigenvalue weighted by atomic mass is 16.3. The third-order valence-electron chi connectivity index (χ3n) is 10.6. The van der Waals surface area contributed by atoms with Crippen molar-refractivity contribution in [2.75, 3.05) is 13.1 Å². The van der Waals surface area contributed by atoms with Crippen LogP contribution in [0, 0.1) is 13.8 Å². The standard InChI is InChI=1S/C44H40N2O10/c1-5-23-7-11-25(12-8-23)15-17-46(18-16-26-13-9-24(6-2)10-14-26)44(56)36-34-28(20-30(48)42(36)54)40(52)32(22(4)38(34)50)31-21(3)37(49)33-27(39(31)51)19-29(47)41(53)35(33)43(45)55/h7-14,19-20,47,49,51,53H,5-6,15-18H2,1-4H3,(H2,45,55). The molecule has 0 saturated heterocycles. The Kier molecular flexibility index (Phi) is 10.5. The first-order chi connectivity index (χ1) is 26.6. The molecule has 2 aliphatic rings. The second-order valence-electron chi connectivity index (χ2n) is 13.9. The van der Waals surface area contributed by atoms with Gasteiger partial charge in [-0.15, -0.1) is 0 Å². The van der Waals surface area contributed by atoms with Crippen molar-refractivity contribution in [3.05, 3.63) is 146 Å². The molecule has 6 rings (SSSR count). The lowest BCUT2D eigenvalue weighted by atomic mass is 9.84. The molecule has 0 spiro atoms. The van der Waals surface area contributed by atoms with Crippen molar-refractivity contribution in [1.82, 2.24) is 4.90 Å². The van der Waals surface area contributed by atoms with Crippen molar-refractivity contribution in [2.24, 2.45) is 5.73 Å². The van der Waals surface area contributed by atoms with Gasteiger partial charge in [0.2, 0.25) is 10.9 Å². The van der Waals surface area contributed by atoms with Crippen molar-refractivity contribution in [1.29, 1.82) is 0 Å². The summed E-state index contributed by atoms with van der Waals surface area (Å²) in [6, 6.07) is 17.3. The first-order valence-corrected chi connectivity index (χ1v) is 18.1. The van der Waals surface area contributed by atoms with E-state index in [0.717, 1.165) is 41.2 Å². The zero-order chi connectivity index (χ0) is 40.7.